The number of sulfone groups is 1. The molecule has 0 fully saturated rings. The van der Waals surface area contributed by atoms with Crippen LogP contribution in [0.3, 0.4) is 0 Å². The number of nitrogens with two attached hydrogens (primary N) is 1. The van der Waals surface area contributed by atoms with Crippen LogP contribution in [0.25, 0.3) is 0 Å². The van der Waals surface area contributed by atoms with Gasteiger partial charge in [-0.2, -0.15) is 0 Å². The molecule has 1 rings (SSSR count). The predicted molar refractivity (Wildman–Crippen MR) is 69.6 cm³/mol. The van der Waals surface area contributed by atoms with E-state index in [0.29, 0.717) is 11.4 Å². The second kappa shape index (κ2) is 6.14. The van der Waals surface area contributed by atoms with Gasteiger partial charge in [-0.1, -0.05) is 12.1 Å². The van der Waals surface area contributed by atoms with Gasteiger partial charge >= 0.3 is 0 Å². The summed E-state index contributed by atoms with van der Waals surface area (Å²) in [6.07, 6.45) is 3.11. The van der Waals surface area contributed by atoms with Crippen LogP contribution in [0.15, 0.2) is 29.2 Å². The molecule has 5 heteroatoms. The van der Waals surface area contributed by atoms with Gasteiger partial charge in [0.25, 0.3) is 0 Å². The molecule has 0 heterocycles. The van der Waals surface area contributed by atoms with Crippen LogP contribution in [-0.2, 0) is 9.84 Å². The van der Waals surface area contributed by atoms with Gasteiger partial charge < -0.3 is 11.1 Å². The molecule has 1 aromatic rings. The van der Waals surface area contributed by atoms with Crippen molar-refractivity contribution in [1.29, 1.82) is 0 Å². The molecule has 0 amide bonds. The average Bonchev–Trinajstić information content (AvgIpc) is 2.29. The van der Waals surface area contributed by atoms with Gasteiger partial charge in [0.2, 0.25) is 0 Å². The molecule has 0 bridgehead atoms. The monoisotopic (exact) mass is 256 g/mol. The lowest BCUT2D eigenvalue weighted by atomic mass is 10.0. The lowest BCUT2D eigenvalue weighted by molar-refractivity contribution is 0.531. The van der Waals surface area contributed by atoms with E-state index in [1.165, 1.54) is 6.26 Å². The van der Waals surface area contributed by atoms with Crippen molar-refractivity contribution in [2.45, 2.75) is 23.8 Å². The van der Waals surface area contributed by atoms with Crippen molar-refractivity contribution >= 4 is 9.84 Å². The van der Waals surface area contributed by atoms with E-state index in [1.807, 2.05) is 19.2 Å². The Morgan fingerprint density at radius 1 is 1.29 bits per heavy atom. The van der Waals surface area contributed by atoms with E-state index >= 15 is 0 Å². The Hall–Kier alpha value is -0.910. The second-order valence-corrected chi connectivity index (χ2v) is 6.13. The summed E-state index contributed by atoms with van der Waals surface area (Å²) in [6.45, 7) is 0.666. The molecular weight excluding hydrogens is 236 g/mol. The standard InChI is InChI=1S/C12H20N2O2S/c1-14-12(4-3-9-13)10-5-7-11(8-6-10)17(2,15)16/h5-8,12,14H,3-4,9,13H2,1-2H3. The zero-order valence-corrected chi connectivity index (χ0v) is 11.1. The first-order valence-electron chi connectivity index (χ1n) is 5.66. The molecule has 0 aliphatic heterocycles. The van der Waals surface area contributed by atoms with Crippen LogP contribution in [-0.4, -0.2) is 28.3 Å². The molecule has 0 radical (unpaired) electrons. The number of hydrogen-bond donors (Lipinski definition) is 2. The first kappa shape index (κ1) is 14.2. The predicted octanol–water partition coefficient (Wildman–Crippen LogP) is 1.09. The van der Waals surface area contributed by atoms with Crippen molar-refractivity contribution in [3.05, 3.63) is 29.8 Å². The summed E-state index contributed by atoms with van der Waals surface area (Å²) in [5.41, 5.74) is 6.57. The molecule has 17 heavy (non-hydrogen) atoms. The summed E-state index contributed by atoms with van der Waals surface area (Å²) in [4.78, 5) is 0.356. The van der Waals surface area contributed by atoms with E-state index in [2.05, 4.69) is 5.32 Å². The fourth-order valence-electron chi connectivity index (χ4n) is 1.75. The molecule has 3 N–H and O–H groups in total. The average molecular weight is 256 g/mol. The van der Waals surface area contributed by atoms with Crippen LogP contribution >= 0.6 is 0 Å². The van der Waals surface area contributed by atoms with E-state index in [0.717, 1.165) is 18.4 Å². The molecule has 0 aliphatic carbocycles. The Morgan fingerprint density at radius 2 is 1.88 bits per heavy atom. The second-order valence-electron chi connectivity index (χ2n) is 4.11. The zero-order chi connectivity index (χ0) is 12.9. The molecule has 1 aromatic carbocycles. The number of rotatable bonds is 6. The Balaban J connectivity index is 2.85. The molecule has 0 aliphatic rings. The SMILES string of the molecule is CNC(CCCN)c1ccc(S(C)(=O)=O)cc1. The van der Waals surface area contributed by atoms with E-state index < -0.39 is 9.84 Å². The van der Waals surface area contributed by atoms with Gasteiger partial charge in [-0.15, -0.1) is 0 Å². The Morgan fingerprint density at radius 3 is 2.29 bits per heavy atom. The summed E-state index contributed by atoms with van der Waals surface area (Å²) < 4.78 is 22.6. The van der Waals surface area contributed by atoms with E-state index in [1.54, 1.807) is 12.1 Å². The minimum atomic E-state index is -3.11. The Kier molecular flexibility index (Phi) is 5.11. The van der Waals surface area contributed by atoms with Crippen LogP contribution in [0.4, 0.5) is 0 Å². The lowest BCUT2D eigenvalue weighted by Crippen LogP contribution is -2.17. The van der Waals surface area contributed by atoms with Crippen LogP contribution in [0.1, 0.15) is 24.4 Å². The molecule has 0 saturated carbocycles. The largest absolute Gasteiger partial charge is 0.330 e. The highest BCUT2D eigenvalue weighted by molar-refractivity contribution is 7.90. The molecule has 96 valence electrons. The summed E-state index contributed by atoms with van der Waals surface area (Å²) >= 11 is 0. The maximum absolute atomic E-state index is 11.3. The van der Waals surface area contributed by atoms with Gasteiger partial charge in [0, 0.05) is 12.3 Å². The number of nitrogens with one attached hydrogen (secondary N) is 1. The smallest absolute Gasteiger partial charge is 0.175 e. The normalized spacial score (nSPS) is 13.6. The fourth-order valence-corrected chi connectivity index (χ4v) is 2.38. The maximum atomic E-state index is 11.3. The molecule has 1 atom stereocenters. The third kappa shape index (κ3) is 4.11. The van der Waals surface area contributed by atoms with E-state index in [9.17, 15) is 8.42 Å². The minimum Gasteiger partial charge on any atom is -0.330 e. The van der Waals surface area contributed by atoms with E-state index in [-0.39, 0.29) is 6.04 Å². The minimum absolute atomic E-state index is 0.229. The highest BCUT2D eigenvalue weighted by Crippen LogP contribution is 2.19. The topological polar surface area (TPSA) is 72.2 Å². The van der Waals surface area contributed by atoms with Crippen molar-refractivity contribution in [2.75, 3.05) is 19.8 Å². The molecule has 0 saturated heterocycles. The Labute approximate surface area is 103 Å². The quantitative estimate of drug-likeness (QED) is 0.799. The van der Waals surface area contributed by atoms with E-state index in [4.69, 9.17) is 5.73 Å². The maximum Gasteiger partial charge on any atom is 0.175 e. The highest BCUT2D eigenvalue weighted by atomic mass is 32.2. The molecule has 1 unspecified atom stereocenters. The van der Waals surface area contributed by atoms with Crippen LogP contribution < -0.4 is 11.1 Å². The molecule has 0 spiro atoms. The summed E-state index contributed by atoms with van der Waals surface area (Å²) in [5, 5.41) is 3.21. The van der Waals surface area contributed by atoms with Crippen molar-refractivity contribution in [2.24, 2.45) is 5.73 Å². The van der Waals surface area contributed by atoms with Crippen molar-refractivity contribution < 1.29 is 8.42 Å². The Bertz CT molecular complexity index is 440. The number of hydrogen-bond acceptors (Lipinski definition) is 4. The van der Waals surface area contributed by atoms with Gasteiger partial charge in [0.15, 0.2) is 9.84 Å². The van der Waals surface area contributed by atoms with Crippen LogP contribution in [0.5, 0.6) is 0 Å². The molecule has 4 nitrogen and oxygen atoms in total. The van der Waals surface area contributed by atoms with Gasteiger partial charge in [-0.25, -0.2) is 8.42 Å². The van der Waals surface area contributed by atoms with Crippen LogP contribution in [0.2, 0.25) is 0 Å². The zero-order valence-electron chi connectivity index (χ0n) is 10.3. The van der Waals surface area contributed by atoms with Gasteiger partial charge in [-0.05, 0) is 44.1 Å². The first-order valence-corrected chi connectivity index (χ1v) is 7.55. The van der Waals surface area contributed by atoms with Gasteiger partial charge in [0.05, 0.1) is 4.90 Å². The summed E-state index contributed by atoms with van der Waals surface area (Å²) in [7, 11) is -1.21. The van der Waals surface area contributed by atoms with Gasteiger partial charge in [-0.3, -0.25) is 0 Å². The van der Waals surface area contributed by atoms with Crippen LogP contribution in [0, 0.1) is 0 Å². The third-order valence-electron chi connectivity index (χ3n) is 2.76. The molecular formula is C12H20N2O2S. The van der Waals surface area contributed by atoms with Gasteiger partial charge in [0.1, 0.15) is 0 Å². The first-order chi connectivity index (χ1) is 7.99. The molecule has 0 aromatic heterocycles. The third-order valence-corrected chi connectivity index (χ3v) is 3.88. The highest BCUT2D eigenvalue weighted by Gasteiger charge is 2.11. The summed E-state index contributed by atoms with van der Waals surface area (Å²) in [5.74, 6) is 0. The van der Waals surface area contributed by atoms with Crippen molar-refractivity contribution in [3.8, 4) is 0 Å². The van der Waals surface area contributed by atoms with Crippen molar-refractivity contribution in [1.82, 2.24) is 5.32 Å². The fraction of sp³-hybridized carbons (Fsp3) is 0.500. The number of benzene rings is 1. The summed E-state index contributed by atoms with van der Waals surface area (Å²) in [6, 6.07) is 7.24. The van der Waals surface area contributed by atoms with Crippen molar-refractivity contribution in [3.63, 3.8) is 0 Å². The lowest BCUT2D eigenvalue weighted by Gasteiger charge is -2.16.